The van der Waals surface area contributed by atoms with Crippen LogP contribution in [0.3, 0.4) is 0 Å². The molecule has 2 aromatic rings. The SMILES string of the molecule is Cc1ccc(F)c(C(NC(=O)C2CCN(S(=O)(=O)c3cn[nH]c3)C2)C23CCC(F)(CC2)C3)c1F. The molecule has 2 bridgehead atoms. The minimum Gasteiger partial charge on any atom is -0.348 e. The number of alkyl halides is 1. The molecule has 1 aromatic heterocycles. The second kappa shape index (κ2) is 8.08. The van der Waals surface area contributed by atoms with Crippen LogP contribution in [0.25, 0.3) is 0 Å². The maximum absolute atomic E-state index is 15.2. The molecule has 3 aliphatic rings. The Morgan fingerprint density at radius 1 is 1.26 bits per heavy atom. The van der Waals surface area contributed by atoms with Crippen LogP contribution in [-0.2, 0) is 14.8 Å². The fourth-order valence-corrected chi connectivity index (χ4v) is 7.40. The number of nitrogens with zero attached hydrogens (tertiary/aromatic N) is 2. The van der Waals surface area contributed by atoms with Crippen LogP contribution in [0.4, 0.5) is 13.2 Å². The highest BCUT2D eigenvalue weighted by Gasteiger charge is 2.59. The van der Waals surface area contributed by atoms with E-state index in [9.17, 15) is 17.6 Å². The maximum atomic E-state index is 15.2. The predicted molar refractivity (Wildman–Crippen MR) is 117 cm³/mol. The van der Waals surface area contributed by atoms with Crippen molar-refractivity contribution in [2.24, 2.45) is 11.3 Å². The van der Waals surface area contributed by atoms with Crippen molar-refractivity contribution in [2.45, 2.75) is 62.1 Å². The van der Waals surface area contributed by atoms with E-state index in [1.165, 1.54) is 35.8 Å². The zero-order valence-electron chi connectivity index (χ0n) is 18.8. The number of hydrogen-bond acceptors (Lipinski definition) is 4. The summed E-state index contributed by atoms with van der Waals surface area (Å²) in [6.45, 7) is 1.61. The van der Waals surface area contributed by atoms with Crippen molar-refractivity contribution in [2.75, 3.05) is 13.1 Å². The van der Waals surface area contributed by atoms with E-state index in [1.54, 1.807) is 0 Å². The predicted octanol–water partition coefficient (Wildman–Crippen LogP) is 3.54. The number of rotatable bonds is 6. The van der Waals surface area contributed by atoms with Crippen LogP contribution in [0.1, 0.15) is 55.7 Å². The van der Waals surface area contributed by atoms with Gasteiger partial charge in [-0.25, -0.2) is 21.6 Å². The minimum atomic E-state index is -3.81. The van der Waals surface area contributed by atoms with E-state index in [4.69, 9.17) is 0 Å². The van der Waals surface area contributed by atoms with Gasteiger partial charge in [-0.3, -0.25) is 9.89 Å². The van der Waals surface area contributed by atoms with Gasteiger partial charge in [-0.2, -0.15) is 9.40 Å². The van der Waals surface area contributed by atoms with Crippen molar-refractivity contribution in [1.82, 2.24) is 19.8 Å². The third kappa shape index (κ3) is 3.73. The average molecular weight is 497 g/mol. The lowest BCUT2D eigenvalue weighted by Crippen LogP contribution is -2.43. The molecule has 2 saturated carbocycles. The third-order valence-electron chi connectivity index (χ3n) is 7.95. The Balaban J connectivity index is 1.42. The van der Waals surface area contributed by atoms with Gasteiger partial charge in [0, 0.05) is 24.8 Å². The number of sulfonamides is 1. The summed E-state index contributed by atoms with van der Waals surface area (Å²) in [6, 6.07) is 1.48. The van der Waals surface area contributed by atoms with E-state index in [0.29, 0.717) is 25.7 Å². The first-order valence-electron chi connectivity index (χ1n) is 11.5. The fourth-order valence-electron chi connectivity index (χ4n) is 6.00. The maximum Gasteiger partial charge on any atom is 0.246 e. The van der Waals surface area contributed by atoms with Gasteiger partial charge in [0.2, 0.25) is 15.9 Å². The van der Waals surface area contributed by atoms with E-state index >= 15 is 8.78 Å². The highest BCUT2D eigenvalue weighted by molar-refractivity contribution is 7.89. The summed E-state index contributed by atoms with van der Waals surface area (Å²) in [7, 11) is -3.81. The molecular formula is C23H27F3N4O3S. The lowest BCUT2D eigenvalue weighted by Gasteiger charge is -2.37. The lowest BCUT2D eigenvalue weighted by molar-refractivity contribution is -0.126. The molecule has 2 aliphatic carbocycles. The highest BCUT2D eigenvalue weighted by atomic mass is 32.2. The van der Waals surface area contributed by atoms with E-state index in [2.05, 4.69) is 15.5 Å². The van der Waals surface area contributed by atoms with Crippen molar-refractivity contribution in [3.8, 4) is 0 Å². The summed E-state index contributed by atoms with van der Waals surface area (Å²) < 4.78 is 72.0. The molecule has 34 heavy (non-hydrogen) atoms. The summed E-state index contributed by atoms with van der Waals surface area (Å²) >= 11 is 0. The number of fused-ring (bicyclic) bond motifs is 2. The second-order valence-electron chi connectivity index (χ2n) is 10.0. The molecule has 2 N–H and O–H groups in total. The molecule has 5 rings (SSSR count). The monoisotopic (exact) mass is 496 g/mol. The Labute approximate surface area is 196 Å². The summed E-state index contributed by atoms with van der Waals surface area (Å²) in [5.74, 6) is -2.68. The number of aromatic amines is 1. The van der Waals surface area contributed by atoms with E-state index in [-0.39, 0.29) is 42.0 Å². The van der Waals surface area contributed by atoms with Gasteiger partial charge >= 0.3 is 0 Å². The first kappa shape index (κ1) is 23.3. The smallest absolute Gasteiger partial charge is 0.246 e. The summed E-state index contributed by atoms with van der Waals surface area (Å²) in [5.41, 5.74) is -2.14. The molecule has 7 nitrogen and oxygen atoms in total. The number of H-pyrrole nitrogens is 1. The Morgan fingerprint density at radius 2 is 2.00 bits per heavy atom. The van der Waals surface area contributed by atoms with Crippen LogP contribution in [0.15, 0.2) is 29.4 Å². The van der Waals surface area contributed by atoms with Crippen molar-refractivity contribution < 1.29 is 26.4 Å². The van der Waals surface area contributed by atoms with Gasteiger partial charge < -0.3 is 5.32 Å². The Morgan fingerprint density at radius 3 is 2.62 bits per heavy atom. The van der Waals surface area contributed by atoms with Crippen LogP contribution < -0.4 is 5.32 Å². The summed E-state index contributed by atoms with van der Waals surface area (Å²) in [6.07, 6.45) is 4.33. The molecular weight excluding hydrogens is 469 g/mol. The first-order chi connectivity index (χ1) is 16.0. The second-order valence-corrected chi connectivity index (χ2v) is 11.9. The number of carbonyl (C=O) groups excluding carboxylic acids is 1. The topological polar surface area (TPSA) is 95.2 Å². The Bertz CT molecular complexity index is 1210. The van der Waals surface area contributed by atoms with Gasteiger partial charge in [-0.05, 0) is 62.5 Å². The summed E-state index contributed by atoms with van der Waals surface area (Å²) in [5, 5.41) is 8.98. The zero-order valence-corrected chi connectivity index (χ0v) is 19.6. The van der Waals surface area contributed by atoms with Crippen LogP contribution in [0.2, 0.25) is 0 Å². The van der Waals surface area contributed by atoms with Gasteiger partial charge in [-0.15, -0.1) is 0 Å². The number of hydrogen-bond donors (Lipinski definition) is 2. The van der Waals surface area contributed by atoms with E-state index < -0.39 is 50.6 Å². The number of amides is 1. The molecule has 1 aliphatic heterocycles. The van der Waals surface area contributed by atoms with Crippen LogP contribution in [0, 0.1) is 29.9 Å². The molecule has 1 saturated heterocycles. The Kier molecular flexibility index (Phi) is 5.55. The molecule has 2 heterocycles. The van der Waals surface area contributed by atoms with Crippen molar-refractivity contribution >= 4 is 15.9 Å². The Hall–Kier alpha value is -2.40. The third-order valence-corrected chi connectivity index (χ3v) is 9.78. The van der Waals surface area contributed by atoms with Crippen molar-refractivity contribution in [3.63, 3.8) is 0 Å². The minimum absolute atomic E-state index is 0.00502. The highest BCUT2D eigenvalue weighted by Crippen LogP contribution is 2.63. The average Bonchev–Trinajstić information content (AvgIpc) is 3.59. The number of halogens is 3. The largest absolute Gasteiger partial charge is 0.348 e. The van der Waals surface area contributed by atoms with Gasteiger partial charge in [0.25, 0.3) is 0 Å². The number of aryl methyl sites for hydroxylation is 1. The number of benzene rings is 1. The number of aromatic nitrogens is 2. The van der Waals surface area contributed by atoms with Crippen molar-refractivity contribution in [1.29, 1.82) is 0 Å². The molecule has 1 aromatic carbocycles. The molecule has 0 spiro atoms. The fraction of sp³-hybridized carbons (Fsp3) is 0.565. The lowest BCUT2D eigenvalue weighted by atomic mass is 9.73. The molecule has 11 heteroatoms. The molecule has 2 unspecified atom stereocenters. The summed E-state index contributed by atoms with van der Waals surface area (Å²) in [4.78, 5) is 13.3. The standard InChI is InChI=1S/C23H27F3N4O3S/c1-14-2-3-17(24)18(19(14)25)20(22-5-7-23(26,13-22)8-6-22)29-21(31)15-4-9-30(12-15)34(32,33)16-10-27-28-11-16/h2-3,10-11,15,20H,4-9,12-13H2,1H3,(H,27,28)(H,29,31). The van der Waals surface area contributed by atoms with Crippen LogP contribution in [-0.4, -0.2) is 47.6 Å². The van der Waals surface area contributed by atoms with Gasteiger partial charge in [0.1, 0.15) is 22.2 Å². The quantitative estimate of drug-likeness (QED) is 0.640. The van der Waals surface area contributed by atoms with E-state index in [0.717, 1.165) is 0 Å². The first-order valence-corrected chi connectivity index (χ1v) is 12.9. The zero-order chi connectivity index (χ0) is 24.3. The van der Waals surface area contributed by atoms with Crippen molar-refractivity contribution in [3.05, 3.63) is 47.3 Å². The van der Waals surface area contributed by atoms with Gasteiger partial charge in [-0.1, -0.05) is 6.07 Å². The number of nitrogens with one attached hydrogen (secondary N) is 2. The van der Waals surface area contributed by atoms with Crippen LogP contribution >= 0.6 is 0 Å². The molecule has 0 radical (unpaired) electrons. The van der Waals surface area contributed by atoms with Gasteiger partial charge in [0.15, 0.2) is 0 Å². The molecule has 1 amide bonds. The van der Waals surface area contributed by atoms with Gasteiger partial charge in [0.05, 0.1) is 18.2 Å². The molecule has 3 fully saturated rings. The number of carbonyl (C=O) groups is 1. The van der Waals surface area contributed by atoms with Crippen LogP contribution in [0.5, 0.6) is 0 Å². The van der Waals surface area contributed by atoms with E-state index in [1.807, 2.05) is 0 Å². The normalized spacial score (nSPS) is 30.1. The molecule has 2 atom stereocenters. The molecule has 184 valence electrons.